The number of para-hydroxylation sites is 1. The van der Waals surface area contributed by atoms with Crippen LogP contribution in [0.5, 0.6) is 5.75 Å². The molecule has 0 heterocycles. The maximum atomic E-state index is 10.8. The highest BCUT2D eigenvalue weighted by Gasteiger charge is 2.35. The molecular weight excluding hydrogens is 232 g/mol. The smallest absolute Gasteiger partial charge is 0.235 e. The average molecular weight is 248 g/mol. The first-order valence-electron chi connectivity index (χ1n) is 6.05. The lowest BCUT2D eigenvalue weighted by Crippen LogP contribution is -2.26. The first-order chi connectivity index (χ1) is 8.59. The van der Waals surface area contributed by atoms with Crippen molar-refractivity contribution in [3.05, 3.63) is 39.4 Å². The van der Waals surface area contributed by atoms with Gasteiger partial charge in [-0.2, -0.15) is 0 Å². The van der Waals surface area contributed by atoms with Crippen molar-refractivity contribution in [1.29, 1.82) is 0 Å². The fraction of sp³-hybridized carbons (Fsp3) is 0.462. The Kier molecular flexibility index (Phi) is 3.60. The molecule has 0 aliphatic heterocycles. The van der Waals surface area contributed by atoms with Gasteiger partial charge in [0.2, 0.25) is 6.04 Å². The van der Waals surface area contributed by atoms with E-state index < -0.39 is 6.04 Å². The predicted molar refractivity (Wildman–Crippen MR) is 68.9 cm³/mol. The molecule has 1 N–H and O–H groups in total. The monoisotopic (exact) mass is 248 g/mol. The molecule has 1 saturated carbocycles. The minimum Gasteiger partial charge on any atom is -0.507 e. The van der Waals surface area contributed by atoms with Gasteiger partial charge in [-0.1, -0.05) is 12.1 Å². The van der Waals surface area contributed by atoms with Crippen LogP contribution in [0.15, 0.2) is 23.2 Å². The second kappa shape index (κ2) is 5.16. The van der Waals surface area contributed by atoms with Gasteiger partial charge in [0.15, 0.2) is 0 Å². The van der Waals surface area contributed by atoms with Crippen molar-refractivity contribution in [2.45, 2.75) is 38.3 Å². The van der Waals surface area contributed by atoms with Gasteiger partial charge in [0.05, 0.1) is 0 Å². The third-order valence-electron chi connectivity index (χ3n) is 3.39. The molecule has 0 amide bonds. The van der Waals surface area contributed by atoms with E-state index in [2.05, 4.69) is 4.99 Å². The Morgan fingerprint density at radius 2 is 2.28 bits per heavy atom. The van der Waals surface area contributed by atoms with E-state index in [9.17, 15) is 15.2 Å². The summed E-state index contributed by atoms with van der Waals surface area (Å²) in [5.41, 5.74) is 1.39. The van der Waals surface area contributed by atoms with Gasteiger partial charge in [-0.15, -0.1) is 0 Å². The molecule has 1 fully saturated rings. The molecule has 0 spiro atoms. The molecule has 18 heavy (non-hydrogen) atoms. The van der Waals surface area contributed by atoms with Crippen molar-refractivity contribution >= 4 is 6.21 Å². The Bertz CT molecular complexity index is 485. The van der Waals surface area contributed by atoms with Gasteiger partial charge in [0, 0.05) is 23.1 Å². The molecule has 2 rings (SSSR count). The topological polar surface area (TPSA) is 75.7 Å². The number of hydrogen-bond donors (Lipinski definition) is 1. The quantitative estimate of drug-likeness (QED) is 0.506. The lowest BCUT2D eigenvalue weighted by atomic mass is 10.1. The van der Waals surface area contributed by atoms with Crippen molar-refractivity contribution in [3.8, 4) is 5.75 Å². The number of aliphatic imine (C=N–C) groups is 1. The molecule has 0 saturated heterocycles. The molecule has 1 aliphatic rings. The van der Waals surface area contributed by atoms with Crippen molar-refractivity contribution in [2.24, 2.45) is 4.99 Å². The Labute approximate surface area is 105 Å². The molecule has 96 valence electrons. The summed E-state index contributed by atoms with van der Waals surface area (Å²) in [4.78, 5) is 14.9. The van der Waals surface area contributed by atoms with E-state index in [-0.39, 0.29) is 16.7 Å². The van der Waals surface area contributed by atoms with E-state index in [1.165, 1.54) is 0 Å². The maximum Gasteiger partial charge on any atom is 0.235 e. The van der Waals surface area contributed by atoms with E-state index in [1.807, 2.05) is 19.1 Å². The van der Waals surface area contributed by atoms with Crippen molar-refractivity contribution in [3.63, 3.8) is 0 Å². The fourth-order valence-corrected chi connectivity index (χ4v) is 2.30. The number of nitro groups is 1. The Hall–Kier alpha value is -1.91. The third-order valence-corrected chi connectivity index (χ3v) is 3.39. The van der Waals surface area contributed by atoms with Crippen LogP contribution >= 0.6 is 0 Å². The maximum absolute atomic E-state index is 10.8. The van der Waals surface area contributed by atoms with Crippen LogP contribution in [0.25, 0.3) is 0 Å². The van der Waals surface area contributed by atoms with E-state index in [1.54, 1.807) is 12.3 Å². The summed E-state index contributed by atoms with van der Waals surface area (Å²) >= 11 is 0. The van der Waals surface area contributed by atoms with Crippen molar-refractivity contribution in [1.82, 2.24) is 0 Å². The van der Waals surface area contributed by atoms with Crippen LogP contribution in [-0.4, -0.2) is 28.3 Å². The highest BCUT2D eigenvalue weighted by atomic mass is 16.6. The fourth-order valence-electron chi connectivity index (χ4n) is 2.30. The summed E-state index contributed by atoms with van der Waals surface area (Å²) in [6.07, 6.45) is 3.73. The van der Waals surface area contributed by atoms with Gasteiger partial charge < -0.3 is 5.11 Å². The number of phenolic OH excluding ortho intramolecular Hbond substituents is 1. The minimum absolute atomic E-state index is 0.192. The van der Waals surface area contributed by atoms with Gasteiger partial charge in [0.1, 0.15) is 11.8 Å². The summed E-state index contributed by atoms with van der Waals surface area (Å²) in [7, 11) is 0. The van der Waals surface area contributed by atoms with Crippen LogP contribution in [0.3, 0.4) is 0 Å². The van der Waals surface area contributed by atoms with Crippen LogP contribution < -0.4 is 0 Å². The average Bonchev–Trinajstić information content (AvgIpc) is 2.79. The molecule has 0 radical (unpaired) electrons. The highest BCUT2D eigenvalue weighted by molar-refractivity contribution is 5.84. The van der Waals surface area contributed by atoms with E-state index in [0.717, 1.165) is 18.4 Å². The highest BCUT2D eigenvalue weighted by Crippen LogP contribution is 2.25. The summed E-state index contributed by atoms with van der Waals surface area (Å²) < 4.78 is 0. The summed E-state index contributed by atoms with van der Waals surface area (Å²) in [5.74, 6) is 0.192. The Morgan fingerprint density at radius 3 is 3.00 bits per heavy atom. The SMILES string of the molecule is Cc1cccc(C=NC2CCCC2[N+](=O)[O-])c1O. The zero-order valence-electron chi connectivity index (χ0n) is 10.2. The third kappa shape index (κ3) is 2.50. The number of nitrogens with zero attached hydrogens (tertiary/aromatic N) is 2. The normalized spacial score (nSPS) is 23.6. The lowest BCUT2D eigenvalue weighted by Gasteiger charge is -2.08. The van der Waals surface area contributed by atoms with Crippen LogP contribution in [0.4, 0.5) is 0 Å². The zero-order valence-corrected chi connectivity index (χ0v) is 10.2. The second-order valence-corrected chi connectivity index (χ2v) is 4.64. The van der Waals surface area contributed by atoms with Crippen LogP contribution in [0.1, 0.15) is 30.4 Å². The summed E-state index contributed by atoms with van der Waals surface area (Å²) in [6, 6.07) is 4.55. The largest absolute Gasteiger partial charge is 0.507 e. The summed E-state index contributed by atoms with van der Waals surface area (Å²) in [5, 5.41) is 20.6. The number of hydrogen-bond acceptors (Lipinski definition) is 4. The first kappa shape index (κ1) is 12.5. The molecular formula is C13H16N2O3. The predicted octanol–water partition coefficient (Wildman–Crippen LogP) is 2.32. The number of aromatic hydroxyl groups is 1. The summed E-state index contributed by atoms with van der Waals surface area (Å²) in [6.45, 7) is 1.81. The van der Waals surface area contributed by atoms with Crippen LogP contribution in [-0.2, 0) is 0 Å². The molecule has 5 nitrogen and oxygen atoms in total. The molecule has 0 bridgehead atoms. The Morgan fingerprint density at radius 1 is 1.50 bits per heavy atom. The van der Waals surface area contributed by atoms with Gasteiger partial charge >= 0.3 is 0 Å². The van der Waals surface area contributed by atoms with Crippen molar-refractivity contribution < 1.29 is 10.0 Å². The van der Waals surface area contributed by atoms with Gasteiger partial charge in [-0.05, 0) is 31.4 Å². The zero-order chi connectivity index (χ0) is 13.1. The molecule has 2 unspecified atom stereocenters. The lowest BCUT2D eigenvalue weighted by molar-refractivity contribution is -0.522. The minimum atomic E-state index is -0.576. The number of phenols is 1. The molecule has 5 heteroatoms. The Balaban J connectivity index is 2.15. The van der Waals surface area contributed by atoms with Gasteiger partial charge in [0.25, 0.3) is 0 Å². The standard InChI is InChI=1S/C13H16N2O3/c1-9-4-2-5-10(13(9)16)8-14-11-6-3-7-12(11)15(17)18/h2,4-5,8,11-12,16H,3,6-7H2,1H3. The van der Waals surface area contributed by atoms with Crippen LogP contribution in [0.2, 0.25) is 0 Å². The number of aryl methyl sites for hydroxylation is 1. The molecule has 1 aromatic rings. The second-order valence-electron chi connectivity index (χ2n) is 4.64. The van der Waals surface area contributed by atoms with Crippen molar-refractivity contribution in [2.75, 3.05) is 0 Å². The molecule has 1 aromatic carbocycles. The van der Waals surface area contributed by atoms with Gasteiger partial charge in [-0.3, -0.25) is 15.1 Å². The number of rotatable bonds is 3. The number of benzene rings is 1. The van der Waals surface area contributed by atoms with E-state index in [0.29, 0.717) is 12.0 Å². The van der Waals surface area contributed by atoms with E-state index >= 15 is 0 Å². The molecule has 0 aromatic heterocycles. The van der Waals surface area contributed by atoms with E-state index in [4.69, 9.17) is 0 Å². The first-order valence-corrected chi connectivity index (χ1v) is 6.05. The van der Waals surface area contributed by atoms with Gasteiger partial charge in [-0.25, -0.2) is 0 Å². The van der Waals surface area contributed by atoms with Crippen LogP contribution in [0, 0.1) is 17.0 Å². The molecule has 1 aliphatic carbocycles. The molecule has 2 atom stereocenters.